The fourth-order valence-electron chi connectivity index (χ4n) is 2.85. The summed E-state index contributed by atoms with van der Waals surface area (Å²) in [5, 5.41) is 5.65. The van der Waals surface area contributed by atoms with Gasteiger partial charge in [0.05, 0.1) is 20.3 Å². The van der Waals surface area contributed by atoms with Crippen molar-refractivity contribution in [3.05, 3.63) is 42.0 Å². The molecule has 0 radical (unpaired) electrons. The minimum atomic E-state index is 0. The summed E-state index contributed by atoms with van der Waals surface area (Å²) >= 11 is 0. The first-order chi connectivity index (χ1) is 11.7. The second-order valence-electron chi connectivity index (χ2n) is 6.20. The molecule has 1 aliphatic heterocycles. The van der Waals surface area contributed by atoms with Gasteiger partial charge in [0.25, 0.3) is 0 Å². The summed E-state index contributed by atoms with van der Waals surface area (Å²) in [5.74, 6) is 1.20. The Hall–Kier alpha value is -1.33. The van der Waals surface area contributed by atoms with E-state index in [0.717, 1.165) is 25.5 Å². The van der Waals surface area contributed by atoms with Gasteiger partial charge in [0.1, 0.15) is 12.5 Å². The molecule has 0 aromatic heterocycles. The highest BCUT2D eigenvalue weighted by Gasteiger charge is 2.18. The number of benzene rings is 2. The third-order valence-corrected chi connectivity index (χ3v) is 3.98. The number of methoxy groups -OCH3 is 1. The average Bonchev–Trinajstić information content (AvgIpc) is 2.62. The quantitative estimate of drug-likeness (QED) is 0.871. The Morgan fingerprint density at radius 1 is 1.16 bits per heavy atom. The van der Waals surface area contributed by atoms with Gasteiger partial charge in [0.2, 0.25) is 0 Å². The molecular formula is C20H30ClNO3. The third kappa shape index (κ3) is 6.48. The van der Waals surface area contributed by atoms with Gasteiger partial charge in [-0.2, -0.15) is 0 Å². The average molecular weight is 368 g/mol. The van der Waals surface area contributed by atoms with Crippen LogP contribution in [0.1, 0.15) is 32.3 Å². The molecule has 1 fully saturated rings. The highest BCUT2D eigenvalue weighted by atomic mass is 35.5. The van der Waals surface area contributed by atoms with Crippen LogP contribution in [0, 0.1) is 0 Å². The maximum absolute atomic E-state index is 5.38. The zero-order chi connectivity index (χ0) is 17.4. The van der Waals surface area contributed by atoms with Crippen LogP contribution in [0.2, 0.25) is 0 Å². The highest BCUT2D eigenvalue weighted by Crippen LogP contribution is 2.30. The molecule has 4 nitrogen and oxygen atoms in total. The van der Waals surface area contributed by atoms with E-state index in [9.17, 15) is 0 Å². The number of hydrogen-bond donors (Lipinski definition) is 1. The van der Waals surface area contributed by atoms with Crippen molar-refractivity contribution in [1.82, 2.24) is 5.32 Å². The lowest BCUT2D eigenvalue weighted by molar-refractivity contribution is -0.108. The summed E-state index contributed by atoms with van der Waals surface area (Å²) in [5.41, 5.74) is 1.29. The van der Waals surface area contributed by atoms with Crippen molar-refractivity contribution in [2.75, 3.05) is 33.7 Å². The molecule has 5 heteroatoms. The van der Waals surface area contributed by atoms with E-state index < -0.39 is 0 Å². The maximum atomic E-state index is 5.38. The normalized spacial score (nSPS) is 14.6. The minimum absolute atomic E-state index is 0. The smallest absolute Gasteiger partial charge is 0.146 e. The lowest BCUT2D eigenvalue weighted by Crippen LogP contribution is -2.22. The Labute approximate surface area is 157 Å². The Balaban J connectivity index is 0.000000390. The third-order valence-electron chi connectivity index (χ3n) is 3.98. The number of nitrogens with one attached hydrogen (secondary N) is 1. The first-order valence-corrected chi connectivity index (χ1v) is 8.61. The first kappa shape index (κ1) is 21.7. The molecule has 0 unspecified atom stereocenters. The van der Waals surface area contributed by atoms with Crippen LogP contribution in [0.15, 0.2) is 36.4 Å². The van der Waals surface area contributed by atoms with Gasteiger partial charge in [-0.25, -0.2) is 0 Å². The zero-order valence-corrected chi connectivity index (χ0v) is 16.4. The summed E-state index contributed by atoms with van der Waals surface area (Å²) in [7, 11) is 1.69. The number of ether oxygens (including phenoxy) is 3. The van der Waals surface area contributed by atoms with Crippen LogP contribution in [0.3, 0.4) is 0 Å². The van der Waals surface area contributed by atoms with Crippen LogP contribution in [-0.2, 0) is 9.47 Å². The van der Waals surface area contributed by atoms with Crippen molar-refractivity contribution in [2.45, 2.75) is 32.7 Å². The van der Waals surface area contributed by atoms with E-state index in [-0.39, 0.29) is 12.4 Å². The molecule has 0 atom stereocenters. The predicted octanol–water partition coefficient (Wildman–Crippen LogP) is 4.36. The van der Waals surface area contributed by atoms with Crippen molar-refractivity contribution < 1.29 is 14.2 Å². The molecule has 3 rings (SSSR count). The van der Waals surface area contributed by atoms with E-state index in [1.54, 1.807) is 7.11 Å². The fraction of sp³-hybridized carbons (Fsp3) is 0.500. The van der Waals surface area contributed by atoms with Gasteiger partial charge in [0, 0.05) is 12.0 Å². The molecule has 140 valence electrons. The molecule has 0 amide bonds. The second kappa shape index (κ2) is 11.3. The SMILES string of the molecule is CCNC(C)C.COc1ccc2c(C3COCOC3)cccc2c1.Cl. The second-order valence-corrected chi connectivity index (χ2v) is 6.20. The van der Waals surface area contributed by atoms with Crippen molar-refractivity contribution in [2.24, 2.45) is 0 Å². The van der Waals surface area contributed by atoms with Gasteiger partial charge in [-0.15, -0.1) is 12.4 Å². The van der Waals surface area contributed by atoms with Crippen LogP contribution in [-0.4, -0.2) is 39.7 Å². The molecule has 0 aliphatic carbocycles. The fourth-order valence-corrected chi connectivity index (χ4v) is 2.85. The van der Waals surface area contributed by atoms with Gasteiger partial charge >= 0.3 is 0 Å². The molecule has 0 bridgehead atoms. The van der Waals surface area contributed by atoms with Gasteiger partial charge in [0.15, 0.2) is 0 Å². The topological polar surface area (TPSA) is 39.7 Å². The highest BCUT2D eigenvalue weighted by molar-refractivity contribution is 5.87. The molecule has 0 saturated carbocycles. The van der Waals surface area contributed by atoms with E-state index >= 15 is 0 Å². The molecule has 1 N–H and O–H groups in total. The van der Waals surface area contributed by atoms with E-state index in [1.165, 1.54) is 16.3 Å². The molecular weight excluding hydrogens is 338 g/mol. The first-order valence-electron chi connectivity index (χ1n) is 8.61. The molecule has 1 saturated heterocycles. The van der Waals surface area contributed by atoms with Crippen molar-refractivity contribution in [3.63, 3.8) is 0 Å². The Bertz CT molecular complexity index is 627. The van der Waals surface area contributed by atoms with Crippen molar-refractivity contribution in [1.29, 1.82) is 0 Å². The van der Waals surface area contributed by atoms with Crippen LogP contribution >= 0.6 is 12.4 Å². The lowest BCUT2D eigenvalue weighted by atomic mass is 9.94. The standard InChI is InChI=1S/C15H16O3.C5H13N.ClH/c1-16-13-5-6-15-11(7-13)3-2-4-14(15)12-8-17-10-18-9-12;1-4-6-5(2)3;/h2-7,12H,8-10H2,1H3;5-6H,4H2,1-3H3;1H. The molecule has 2 aromatic carbocycles. The Kier molecular flexibility index (Phi) is 9.83. The lowest BCUT2D eigenvalue weighted by Gasteiger charge is -2.24. The molecule has 1 aliphatic rings. The monoisotopic (exact) mass is 367 g/mol. The van der Waals surface area contributed by atoms with Gasteiger partial charge in [-0.1, -0.05) is 45.0 Å². The van der Waals surface area contributed by atoms with Crippen LogP contribution in [0.4, 0.5) is 0 Å². The summed E-state index contributed by atoms with van der Waals surface area (Å²) in [6.45, 7) is 9.34. The van der Waals surface area contributed by atoms with Gasteiger partial charge in [-0.05, 0) is 35.0 Å². The van der Waals surface area contributed by atoms with Crippen molar-refractivity contribution in [3.8, 4) is 5.75 Å². The maximum Gasteiger partial charge on any atom is 0.146 e. The summed E-state index contributed by atoms with van der Waals surface area (Å²) < 4.78 is 16.0. The number of fused-ring (bicyclic) bond motifs is 1. The number of hydrogen-bond acceptors (Lipinski definition) is 4. The van der Waals surface area contributed by atoms with E-state index in [2.05, 4.69) is 56.4 Å². The number of halogens is 1. The van der Waals surface area contributed by atoms with Crippen molar-refractivity contribution >= 4 is 23.2 Å². The summed E-state index contributed by atoms with van der Waals surface area (Å²) in [6, 6.07) is 13.1. The predicted molar refractivity (Wildman–Crippen MR) is 106 cm³/mol. The van der Waals surface area contributed by atoms with Gasteiger partial charge in [-0.3, -0.25) is 0 Å². The zero-order valence-electron chi connectivity index (χ0n) is 15.6. The Morgan fingerprint density at radius 3 is 2.44 bits per heavy atom. The van der Waals surface area contributed by atoms with Crippen LogP contribution < -0.4 is 10.1 Å². The minimum Gasteiger partial charge on any atom is -0.497 e. The molecule has 1 heterocycles. The summed E-state index contributed by atoms with van der Waals surface area (Å²) in [4.78, 5) is 0. The van der Waals surface area contributed by atoms with E-state index in [0.29, 0.717) is 18.8 Å². The largest absolute Gasteiger partial charge is 0.497 e. The van der Waals surface area contributed by atoms with E-state index in [4.69, 9.17) is 14.2 Å². The Morgan fingerprint density at radius 2 is 1.88 bits per heavy atom. The molecule has 0 spiro atoms. The van der Waals surface area contributed by atoms with Gasteiger partial charge < -0.3 is 19.5 Å². The van der Waals surface area contributed by atoms with E-state index in [1.807, 2.05) is 6.07 Å². The summed E-state index contributed by atoms with van der Waals surface area (Å²) in [6.07, 6.45) is 0. The number of rotatable bonds is 4. The molecule has 2 aromatic rings. The van der Waals surface area contributed by atoms with Crippen LogP contribution in [0.25, 0.3) is 10.8 Å². The van der Waals surface area contributed by atoms with Crippen LogP contribution in [0.5, 0.6) is 5.75 Å². The molecule has 25 heavy (non-hydrogen) atoms.